The fourth-order valence-corrected chi connectivity index (χ4v) is 2.86. The van der Waals surface area contributed by atoms with Gasteiger partial charge in [-0.1, -0.05) is 18.9 Å². The van der Waals surface area contributed by atoms with Crippen LogP contribution in [0.15, 0.2) is 18.2 Å². The van der Waals surface area contributed by atoms with Gasteiger partial charge < -0.3 is 15.2 Å². The molecule has 2 aliphatic rings. The minimum Gasteiger partial charge on any atom is -0.454 e. The molecule has 3 rings (SSSR count). The first-order chi connectivity index (χ1) is 8.33. The second-order valence-electron chi connectivity index (χ2n) is 5.10. The van der Waals surface area contributed by atoms with Crippen LogP contribution in [0.4, 0.5) is 0 Å². The van der Waals surface area contributed by atoms with E-state index in [0.717, 1.165) is 17.9 Å². The smallest absolute Gasteiger partial charge is 0.231 e. The Kier molecular flexibility index (Phi) is 2.93. The highest BCUT2D eigenvalue weighted by Crippen LogP contribution is 2.34. The number of hydrogen-bond acceptors (Lipinski definition) is 3. The first-order valence-electron chi connectivity index (χ1n) is 6.47. The highest BCUT2D eigenvalue weighted by atomic mass is 16.7. The van der Waals surface area contributed by atoms with Crippen molar-refractivity contribution in [3.05, 3.63) is 23.8 Å². The van der Waals surface area contributed by atoms with Gasteiger partial charge in [0, 0.05) is 6.04 Å². The summed E-state index contributed by atoms with van der Waals surface area (Å²) in [5, 5.41) is 0. The van der Waals surface area contributed by atoms with Gasteiger partial charge in [-0.3, -0.25) is 0 Å². The molecule has 0 radical (unpaired) electrons. The molecule has 1 saturated carbocycles. The second-order valence-corrected chi connectivity index (χ2v) is 5.10. The quantitative estimate of drug-likeness (QED) is 0.853. The van der Waals surface area contributed by atoms with Crippen molar-refractivity contribution in [2.75, 3.05) is 6.79 Å². The van der Waals surface area contributed by atoms with Crippen molar-refractivity contribution in [2.45, 2.75) is 38.1 Å². The summed E-state index contributed by atoms with van der Waals surface area (Å²) in [6, 6.07) is 6.61. The summed E-state index contributed by atoms with van der Waals surface area (Å²) in [6.45, 7) is 0.349. The molecular weight excluding hydrogens is 214 g/mol. The molecule has 0 unspecified atom stereocenters. The van der Waals surface area contributed by atoms with Crippen molar-refractivity contribution < 1.29 is 9.47 Å². The first kappa shape index (κ1) is 10.9. The number of ether oxygens (including phenoxy) is 2. The summed E-state index contributed by atoms with van der Waals surface area (Å²) in [5.74, 6) is 2.37. The molecule has 1 aliphatic heterocycles. The number of nitrogens with two attached hydrogens (primary N) is 1. The van der Waals surface area contributed by atoms with Crippen LogP contribution in [0.2, 0.25) is 0 Å². The van der Waals surface area contributed by atoms with Crippen LogP contribution < -0.4 is 15.2 Å². The molecule has 0 spiro atoms. The van der Waals surface area contributed by atoms with Gasteiger partial charge in [0.15, 0.2) is 11.5 Å². The third-order valence-electron chi connectivity index (χ3n) is 3.90. The Morgan fingerprint density at radius 1 is 1.12 bits per heavy atom. The molecule has 3 heteroatoms. The molecule has 17 heavy (non-hydrogen) atoms. The Balaban J connectivity index is 1.72. The summed E-state index contributed by atoms with van der Waals surface area (Å²) in [4.78, 5) is 0. The summed E-state index contributed by atoms with van der Waals surface area (Å²) >= 11 is 0. The largest absolute Gasteiger partial charge is 0.454 e. The van der Waals surface area contributed by atoms with Gasteiger partial charge in [0.2, 0.25) is 6.79 Å². The molecule has 0 aromatic heterocycles. The van der Waals surface area contributed by atoms with Gasteiger partial charge in [-0.25, -0.2) is 0 Å². The zero-order valence-corrected chi connectivity index (χ0v) is 10.0. The van der Waals surface area contributed by atoms with Crippen LogP contribution in [0.1, 0.15) is 31.2 Å². The maximum atomic E-state index is 6.18. The highest BCUT2D eigenvalue weighted by Gasteiger charge is 2.22. The van der Waals surface area contributed by atoms with Crippen LogP contribution in [0, 0.1) is 5.92 Å². The molecular formula is C14H19NO2. The lowest BCUT2D eigenvalue weighted by atomic mass is 9.81. The molecule has 92 valence electrons. The summed E-state index contributed by atoms with van der Waals surface area (Å²) in [7, 11) is 0. The van der Waals surface area contributed by atoms with Gasteiger partial charge in [0.25, 0.3) is 0 Å². The molecule has 0 bridgehead atoms. The van der Waals surface area contributed by atoms with Gasteiger partial charge in [-0.05, 0) is 42.9 Å². The minimum absolute atomic E-state index is 0.349. The molecule has 1 heterocycles. The van der Waals surface area contributed by atoms with Crippen LogP contribution in [0.25, 0.3) is 0 Å². The molecule has 0 amide bonds. The topological polar surface area (TPSA) is 44.5 Å². The first-order valence-corrected chi connectivity index (χ1v) is 6.47. The van der Waals surface area contributed by atoms with E-state index in [0.29, 0.717) is 18.8 Å². The maximum absolute atomic E-state index is 6.18. The van der Waals surface area contributed by atoms with Crippen molar-refractivity contribution in [3.63, 3.8) is 0 Å². The van der Waals surface area contributed by atoms with E-state index in [2.05, 4.69) is 12.1 Å². The predicted molar refractivity (Wildman–Crippen MR) is 66.2 cm³/mol. The zero-order chi connectivity index (χ0) is 11.7. The SMILES string of the molecule is N[C@H]1CCCC[C@H]1Cc1ccc2c(c1)OCO2. The Morgan fingerprint density at radius 3 is 2.82 bits per heavy atom. The molecule has 3 nitrogen and oxygen atoms in total. The van der Waals surface area contributed by atoms with Crippen LogP contribution in [0.5, 0.6) is 11.5 Å². The minimum atomic E-state index is 0.349. The Hall–Kier alpha value is -1.22. The van der Waals surface area contributed by atoms with Crippen molar-refractivity contribution in [2.24, 2.45) is 11.7 Å². The van der Waals surface area contributed by atoms with Crippen LogP contribution in [0.3, 0.4) is 0 Å². The number of hydrogen-bond donors (Lipinski definition) is 1. The molecule has 1 aliphatic carbocycles. The van der Waals surface area contributed by atoms with E-state index in [9.17, 15) is 0 Å². The molecule has 1 aromatic rings. The third-order valence-corrected chi connectivity index (χ3v) is 3.90. The van der Waals surface area contributed by atoms with E-state index in [1.165, 1.54) is 31.2 Å². The average Bonchev–Trinajstić information content (AvgIpc) is 2.79. The highest BCUT2D eigenvalue weighted by molar-refractivity contribution is 5.44. The maximum Gasteiger partial charge on any atom is 0.231 e. The number of fused-ring (bicyclic) bond motifs is 1. The Labute approximate surface area is 102 Å². The molecule has 2 N–H and O–H groups in total. The summed E-state index contributed by atoms with van der Waals surface area (Å²) in [6.07, 6.45) is 6.12. The van der Waals surface area contributed by atoms with E-state index in [4.69, 9.17) is 15.2 Å². The molecule has 0 saturated heterocycles. The monoisotopic (exact) mass is 233 g/mol. The summed E-state index contributed by atoms with van der Waals surface area (Å²) in [5.41, 5.74) is 7.50. The molecule has 2 atom stereocenters. The van der Waals surface area contributed by atoms with Crippen molar-refractivity contribution in [3.8, 4) is 11.5 Å². The van der Waals surface area contributed by atoms with Crippen LogP contribution in [-0.4, -0.2) is 12.8 Å². The normalized spacial score (nSPS) is 27.1. The van der Waals surface area contributed by atoms with Gasteiger partial charge in [-0.15, -0.1) is 0 Å². The fourth-order valence-electron chi connectivity index (χ4n) is 2.86. The van der Waals surface area contributed by atoms with E-state index in [1.807, 2.05) is 6.07 Å². The van der Waals surface area contributed by atoms with Gasteiger partial charge in [-0.2, -0.15) is 0 Å². The van der Waals surface area contributed by atoms with Crippen molar-refractivity contribution >= 4 is 0 Å². The van der Waals surface area contributed by atoms with E-state index < -0.39 is 0 Å². The molecule has 1 aromatic carbocycles. The van der Waals surface area contributed by atoms with Crippen molar-refractivity contribution in [1.82, 2.24) is 0 Å². The van der Waals surface area contributed by atoms with E-state index >= 15 is 0 Å². The van der Waals surface area contributed by atoms with Crippen LogP contribution >= 0.6 is 0 Å². The second kappa shape index (κ2) is 4.57. The predicted octanol–water partition coefficient (Wildman–Crippen LogP) is 2.48. The Morgan fingerprint density at radius 2 is 1.94 bits per heavy atom. The van der Waals surface area contributed by atoms with Gasteiger partial charge in [0.1, 0.15) is 0 Å². The van der Waals surface area contributed by atoms with Gasteiger partial charge in [0.05, 0.1) is 0 Å². The lowest BCUT2D eigenvalue weighted by Gasteiger charge is -2.28. The third kappa shape index (κ3) is 2.25. The van der Waals surface area contributed by atoms with E-state index in [1.54, 1.807) is 0 Å². The van der Waals surface area contributed by atoms with Crippen molar-refractivity contribution in [1.29, 1.82) is 0 Å². The number of rotatable bonds is 2. The van der Waals surface area contributed by atoms with Gasteiger partial charge >= 0.3 is 0 Å². The standard InChI is InChI=1S/C14H19NO2/c15-12-4-2-1-3-11(12)7-10-5-6-13-14(8-10)17-9-16-13/h5-6,8,11-12H,1-4,7,9,15H2/t11-,12-/m0/s1. The summed E-state index contributed by atoms with van der Waals surface area (Å²) < 4.78 is 10.7. The lowest BCUT2D eigenvalue weighted by molar-refractivity contribution is 0.174. The van der Waals surface area contributed by atoms with E-state index in [-0.39, 0.29) is 0 Å². The Bertz CT molecular complexity index is 405. The molecule has 1 fully saturated rings. The zero-order valence-electron chi connectivity index (χ0n) is 10.0. The number of benzene rings is 1. The lowest BCUT2D eigenvalue weighted by Crippen LogP contribution is -2.34. The average molecular weight is 233 g/mol. The van der Waals surface area contributed by atoms with Crippen LogP contribution in [-0.2, 0) is 6.42 Å². The fraction of sp³-hybridized carbons (Fsp3) is 0.571.